The average molecular weight is 887 g/mol. The van der Waals surface area contributed by atoms with Gasteiger partial charge in [0.25, 0.3) is 0 Å². The second-order valence-electron chi connectivity index (χ2n) is 19.3. The lowest BCUT2D eigenvalue weighted by molar-refractivity contribution is -0.923. The fraction of sp³-hybridized carbons (Fsp3) is 0.786. The molecule has 1 rings (SSSR count). The molecule has 0 fully saturated rings. The Balaban J connectivity index is 0.0000372. The van der Waals surface area contributed by atoms with Crippen LogP contribution in [0.5, 0.6) is 0 Å². The molecule has 0 bridgehead atoms. The Kier molecular flexibility index (Phi) is 42.6. The molecule has 62 heavy (non-hydrogen) atoms. The van der Waals surface area contributed by atoms with E-state index in [4.69, 9.17) is 9.47 Å². The van der Waals surface area contributed by atoms with Crippen LogP contribution >= 0.6 is 0 Å². The zero-order valence-corrected chi connectivity index (χ0v) is 42.0. The molecule has 0 spiro atoms. The van der Waals surface area contributed by atoms with Crippen LogP contribution in [-0.2, 0) is 25.6 Å². The molecule has 1 aromatic carbocycles. The van der Waals surface area contributed by atoms with Gasteiger partial charge in [-0.1, -0.05) is 236 Å². The molecular formula is C56H100ClNO4. The largest absolute Gasteiger partial charge is 1.00 e. The van der Waals surface area contributed by atoms with Crippen LogP contribution in [0.1, 0.15) is 251 Å². The number of unbranched alkanes of at least 4 members (excludes halogenated alkanes) is 34. The summed E-state index contributed by atoms with van der Waals surface area (Å²) >= 11 is 0. The van der Waals surface area contributed by atoms with Gasteiger partial charge in [0, 0.05) is 16.7 Å². The maximum atomic E-state index is 11.4. The van der Waals surface area contributed by atoms with E-state index >= 15 is 0 Å². The standard InChI is InChI=1S/C56H100NO4.ClH/c1-52(2)55(58)60-49-43-36-32-28-24-20-16-12-8-6-10-14-18-22-26-30-34-41-47-57(5,51-54-45-39-38-40-46-54)48-42-35-31-27-23-19-15-11-7-9-13-17-21-25-29-33-37-44-50-61-56(59)53(3)4;/h38-40,45-46H,1,3,6-37,41-44,47-51H2,2,4-5H3;1H/q+1;/p-1. The molecule has 360 valence electrons. The first-order chi connectivity index (χ1) is 29.7. The fourth-order valence-corrected chi connectivity index (χ4v) is 8.72. The van der Waals surface area contributed by atoms with Crippen molar-refractivity contribution >= 4 is 11.9 Å². The SMILES string of the molecule is C=C(C)C(=O)OCCCCCCCCCCCCCCCCCCCC[N+](C)(CCCCCCCCCCCCCCCCCCCCOC(=O)C(=C)C)Cc1ccccc1.[Cl-]. The molecule has 5 nitrogen and oxygen atoms in total. The smallest absolute Gasteiger partial charge is 0.333 e. The number of carbonyl (C=O) groups is 2. The minimum atomic E-state index is -0.255. The molecule has 0 aliphatic heterocycles. The Morgan fingerprint density at radius 2 is 0.629 bits per heavy atom. The van der Waals surface area contributed by atoms with Crippen LogP contribution in [0.3, 0.4) is 0 Å². The van der Waals surface area contributed by atoms with Gasteiger partial charge in [-0.2, -0.15) is 0 Å². The van der Waals surface area contributed by atoms with Gasteiger partial charge in [-0.05, 0) is 52.4 Å². The van der Waals surface area contributed by atoms with E-state index in [1.54, 1.807) is 13.8 Å². The van der Waals surface area contributed by atoms with E-state index in [0.29, 0.717) is 24.4 Å². The van der Waals surface area contributed by atoms with E-state index in [9.17, 15) is 9.59 Å². The highest BCUT2D eigenvalue weighted by atomic mass is 35.5. The minimum Gasteiger partial charge on any atom is -1.00 e. The molecule has 0 radical (unpaired) electrons. The lowest BCUT2D eigenvalue weighted by Gasteiger charge is -2.35. The van der Waals surface area contributed by atoms with Crippen LogP contribution in [0.4, 0.5) is 0 Å². The molecule has 0 unspecified atom stereocenters. The molecule has 0 saturated heterocycles. The third-order valence-corrected chi connectivity index (χ3v) is 12.8. The van der Waals surface area contributed by atoms with Gasteiger partial charge in [-0.3, -0.25) is 0 Å². The highest BCUT2D eigenvalue weighted by Gasteiger charge is 2.21. The molecule has 0 saturated carbocycles. The molecule has 0 aromatic heterocycles. The summed E-state index contributed by atoms with van der Waals surface area (Å²) in [4.78, 5) is 22.8. The molecule has 6 heteroatoms. The lowest BCUT2D eigenvalue weighted by Crippen LogP contribution is -3.00. The van der Waals surface area contributed by atoms with Crippen LogP contribution in [0.2, 0.25) is 0 Å². The first kappa shape index (κ1) is 59.9. The number of benzene rings is 1. The Hall–Kier alpha value is -2.11. The van der Waals surface area contributed by atoms with Gasteiger partial charge >= 0.3 is 11.9 Å². The average Bonchev–Trinajstić information content (AvgIpc) is 3.24. The Morgan fingerprint density at radius 3 is 0.871 bits per heavy atom. The summed E-state index contributed by atoms with van der Waals surface area (Å²) in [5.74, 6) is -0.510. The summed E-state index contributed by atoms with van der Waals surface area (Å²) in [6, 6.07) is 11.2. The fourth-order valence-electron chi connectivity index (χ4n) is 8.72. The normalized spacial score (nSPS) is 11.3. The zero-order valence-electron chi connectivity index (χ0n) is 41.3. The summed E-state index contributed by atoms with van der Waals surface area (Å²) in [6.45, 7) is 15.5. The van der Waals surface area contributed by atoms with Gasteiger partial charge in [-0.15, -0.1) is 0 Å². The minimum absolute atomic E-state index is 0. The van der Waals surface area contributed by atoms with Crippen LogP contribution in [0.25, 0.3) is 0 Å². The maximum absolute atomic E-state index is 11.4. The van der Waals surface area contributed by atoms with Crippen LogP contribution in [0, 0.1) is 0 Å². The summed E-state index contributed by atoms with van der Waals surface area (Å²) in [5, 5.41) is 0. The number of rotatable bonds is 46. The number of quaternary nitrogens is 1. The summed E-state index contributed by atoms with van der Waals surface area (Å²) in [5.41, 5.74) is 2.48. The van der Waals surface area contributed by atoms with Crippen LogP contribution in [-0.4, -0.2) is 49.8 Å². The first-order valence-electron chi connectivity index (χ1n) is 26.3. The topological polar surface area (TPSA) is 52.6 Å². The summed E-state index contributed by atoms with van der Waals surface area (Å²) in [7, 11) is 2.53. The third kappa shape index (κ3) is 39.5. The predicted octanol–water partition coefficient (Wildman–Crippen LogP) is 13.9. The molecule has 0 aliphatic carbocycles. The van der Waals surface area contributed by atoms with Gasteiger partial charge in [0.2, 0.25) is 0 Å². The predicted molar refractivity (Wildman–Crippen MR) is 264 cm³/mol. The zero-order chi connectivity index (χ0) is 44.3. The van der Waals surface area contributed by atoms with Crippen molar-refractivity contribution in [2.24, 2.45) is 0 Å². The van der Waals surface area contributed by atoms with Crippen molar-refractivity contribution in [1.29, 1.82) is 0 Å². The van der Waals surface area contributed by atoms with E-state index < -0.39 is 0 Å². The monoisotopic (exact) mass is 886 g/mol. The number of ether oxygens (including phenoxy) is 2. The van der Waals surface area contributed by atoms with Crippen molar-refractivity contribution in [3.63, 3.8) is 0 Å². The van der Waals surface area contributed by atoms with Crippen molar-refractivity contribution in [1.82, 2.24) is 0 Å². The quantitative estimate of drug-likeness (QED) is 0.0283. The third-order valence-electron chi connectivity index (χ3n) is 12.8. The van der Waals surface area contributed by atoms with Gasteiger partial charge in [0.05, 0.1) is 33.4 Å². The number of hydrogen-bond acceptors (Lipinski definition) is 4. The highest BCUT2D eigenvalue weighted by Crippen LogP contribution is 2.20. The number of hydrogen-bond donors (Lipinski definition) is 0. The lowest BCUT2D eigenvalue weighted by atomic mass is 10.0. The first-order valence-corrected chi connectivity index (χ1v) is 26.3. The molecule has 0 atom stereocenters. The molecular weight excluding hydrogens is 786 g/mol. The molecule has 0 aliphatic rings. The number of nitrogens with zero attached hydrogens (tertiary/aromatic N) is 1. The van der Waals surface area contributed by atoms with Gasteiger partial charge in [0.15, 0.2) is 0 Å². The van der Waals surface area contributed by atoms with E-state index in [0.717, 1.165) is 25.7 Å². The number of esters is 2. The number of carbonyl (C=O) groups excluding carboxylic acids is 2. The highest BCUT2D eigenvalue weighted by molar-refractivity contribution is 5.87. The Morgan fingerprint density at radius 1 is 0.403 bits per heavy atom. The molecule has 0 amide bonds. The molecule has 0 heterocycles. The van der Waals surface area contributed by atoms with Crippen LogP contribution < -0.4 is 12.4 Å². The van der Waals surface area contributed by atoms with E-state index in [-0.39, 0.29) is 24.3 Å². The van der Waals surface area contributed by atoms with E-state index in [2.05, 4.69) is 50.5 Å². The van der Waals surface area contributed by atoms with E-state index in [1.807, 2.05) is 0 Å². The van der Waals surface area contributed by atoms with Crippen LogP contribution in [0.15, 0.2) is 54.6 Å². The van der Waals surface area contributed by atoms with Crippen molar-refractivity contribution in [2.75, 3.05) is 33.4 Å². The van der Waals surface area contributed by atoms with Crippen molar-refractivity contribution in [2.45, 2.75) is 252 Å². The van der Waals surface area contributed by atoms with E-state index in [1.165, 1.54) is 235 Å². The summed E-state index contributed by atoms with van der Waals surface area (Å²) in [6.07, 6.45) is 48.8. The maximum Gasteiger partial charge on any atom is 0.333 e. The van der Waals surface area contributed by atoms with Crippen molar-refractivity contribution < 1.29 is 36.0 Å². The number of halogens is 1. The molecule has 0 N–H and O–H groups in total. The van der Waals surface area contributed by atoms with Gasteiger partial charge in [0.1, 0.15) is 6.54 Å². The Bertz CT molecular complexity index is 1120. The van der Waals surface area contributed by atoms with Crippen molar-refractivity contribution in [3.8, 4) is 0 Å². The second kappa shape index (κ2) is 44.1. The second-order valence-corrected chi connectivity index (χ2v) is 19.3. The van der Waals surface area contributed by atoms with Crippen molar-refractivity contribution in [3.05, 3.63) is 60.2 Å². The Labute approximate surface area is 391 Å². The van der Waals surface area contributed by atoms with Gasteiger partial charge in [-0.25, -0.2) is 9.59 Å². The van der Waals surface area contributed by atoms with Gasteiger partial charge < -0.3 is 26.4 Å². The molecule has 1 aromatic rings. The summed E-state index contributed by atoms with van der Waals surface area (Å²) < 4.78 is 11.5.